The standard InChI is InChI=1S/C13H12F2N2O3S/c1-16-12(21)10-5-13(6-14,7-15)20-11-3-2-8(17(18)19)4-9(10)11/h2-5H,6-7H2,1H3,(H,16,21). The predicted octanol–water partition coefficient (Wildman–Crippen LogP) is 2.60. The van der Waals surface area contributed by atoms with Crippen molar-refractivity contribution in [1.29, 1.82) is 0 Å². The third-order valence-electron chi connectivity index (χ3n) is 3.11. The van der Waals surface area contributed by atoms with E-state index in [0.29, 0.717) is 11.1 Å². The Kier molecular flexibility index (Phi) is 4.17. The molecule has 2 rings (SSSR count). The molecule has 0 fully saturated rings. The van der Waals surface area contributed by atoms with E-state index in [9.17, 15) is 18.9 Å². The molecule has 0 unspecified atom stereocenters. The Morgan fingerprint density at radius 2 is 2.14 bits per heavy atom. The summed E-state index contributed by atoms with van der Waals surface area (Å²) in [5.41, 5.74) is -1.26. The number of benzene rings is 1. The molecular weight excluding hydrogens is 302 g/mol. The van der Waals surface area contributed by atoms with Gasteiger partial charge in [0.05, 0.1) is 4.92 Å². The van der Waals surface area contributed by atoms with Gasteiger partial charge in [-0.3, -0.25) is 10.1 Å². The Balaban J connectivity index is 2.62. The molecule has 0 bridgehead atoms. The monoisotopic (exact) mass is 314 g/mol. The van der Waals surface area contributed by atoms with Gasteiger partial charge >= 0.3 is 0 Å². The number of thiocarbonyl (C=S) groups is 1. The molecule has 8 heteroatoms. The Morgan fingerprint density at radius 3 is 2.67 bits per heavy atom. The lowest BCUT2D eigenvalue weighted by molar-refractivity contribution is -0.384. The zero-order valence-electron chi connectivity index (χ0n) is 11.1. The maximum Gasteiger partial charge on any atom is 0.270 e. The summed E-state index contributed by atoms with van der Waals surface area (Å²) in [5.74, 6) is 0.158. The van der Waals surface area contributed by atoms with Gasteiger partial charge in [0.1, 0.15) is 24.1 Å². The number of nitrogens with one attached hydrogen (secondary N) is 1. The number of nitro groups is 1. The van der Waals surface area contributed by atoms with Crippen LogP contribution in [0.5, 0.6) is 5.75 Å². The lowest BCUT2D eigenvalue weighted by Gasteiger charge is -2.32. The molecule has 1 aromatic rings. The second kappa shape index (κ2) is 5.72. The molecule has 1 aliphatic heterocycles. The highest BCUT2D eigenvalue weighted by atomic mass is 32.1. The summed E-state index contributed by atoms with van der Waals surface area (Å²) in [6.07, 6.45) is 1.23. The van der Waals surface area contributed by atoms with Crippen LogP contribution in [0.25, 0.3) is 5.57 Å². The van der Waals surface area contributed by atoms with Crippen LogP contribution in [0.3, 0.4) is 0 Å². The van der Waals surface area contributed by atoms with Crippen LogP contribution in [0, 0.1) is 10.1 Å². The smallest absolute Gasteiger partial charge is 0.270 e. The van der Waals surface area contributed by atoms with Crippen LogP contribution in [0.2, 0.25) is 0 Å². The summed E-state index contributed by atoms with van der Waals surface area (Å²) in [6.45, 7) is -2.15. The molecule has 0 spiro atoms. The average Bonchev–Trinajstić information content (AvgIpc) is 2.52. The minimum absolute atomic E-state index is 0.157. The Morgan fingerprint density at radius 1 is 1.48 bits per heavy atom. The maximum atomic E-state index is 13.2. The second-order valence-electron chi connectivity index (χ2n) is 4.51. The summed E-state index contributed by atoms with van der Waals surface area (Å²) in [7, 11) is 1.56. The predicted molar refractivity (Wildman–Crippen MR) is 78.0 cm³/mol. The number of halogens is 2. The SMILES string of the molecule is CNC(=S)C1=CC(CF)(CF)Oc2ccc([N+](=O)[O-])cc21. The van der Waals surface area contributed by atoms with Crippen LogP contribution < -0.4 is 10.1 Å². The van der Waals surface area contributed by atoms with Crippen LogP contribution >= 0.6 is 12.2 Å². The Bertz CT molecular complexity index is 630. The number of nitro benzene ring substituents is 1. The van der Waals surface area contributed by atoms with Crippen molar-refractivity contribution in [2.45, 2.75) is 5.60 Å². The number of rotatable bonds is 4. The maximum absolute atomic E-state index is 13.2. The molecule has 112 valence electrons. The number of hydrogen-bond donors (Lipinski definition) is 1. The average molecular weight is 314 g/mol. The van der Waals surface area contributed by atoms with E-state index in [1.165, 1.54) is 24.3 Å². The van der Waals surface area contributed by atoms with E-state index in [1.54, 1.807) is 7.05 Å². The highest BCUT2D eigenvalue weighted by Gasteiger charge is 2.37. The molecule has 5 nitrogen and oxygen atoms in total. The third kappa shape index (κ3) is 2.71. The van der Waals surface area contributed by atoms with Crippen LogP contribution in [-0.4, -0.2) is 35.9 Å². The minimum Gasteiger partial charge on any atom is -0.477 e. The van der Waals surface area contributed by atoms with Crippen LogP contribution in [-0.2, 0) is 0 Å². The van der Waals surface area contributed by atoms with Crippen LogP contribution in [0.1, 0.15) is 5.56 Å². The fourth-order valence-electron chi connectivity index (χ4n) is 2.01. The largest absolute Gasteiger partial charge is 0.477 e. The molecule has 0 saturated heterocycles. The first-order chi connectivity index (χ1) is 9.96. The second-order valence-corrected chi connectivity index (χ2v) is 4.92. The minimum atomic E-state index is -1.75. The van der Waals surface area contributed by atoms with Crippen LogP contribution in [0.4, 0.5) is 14.5 Å². The molecule has 1 heterocycles. The number of fused-ring (bicyclic) bond motifs is 1. The van der Waals surface area contributed by atoms with Gasteiger partial charge in [0.15, 0.2) is 5.60 Å². The van der Waals surface area contributed by atoms with Gasteiger partial charge in [0.2, 0.25) is 0 Å². The number of ether oxygens (including phenoxy) is 1. The topological polar surface area (TPSA) is 64.4 Å². The van der Waals surface area contributed by atoms with E-state index in [-0.39, 0.29) is 16.4 Å². The zero-order valence-corrected chi connectivity index (χ0v) is 11.9. The van der Waals surface area contributed by atoms with Gasteiger partial charge in [-0.1, -0.05) is 12.2 Å². The van der Waals surface area contributed by atoms with Crippen molar-refractivity contribution in [2.75, 3.05) is 20.4 Å². The van der Waals surface area contributed by atoms with E-state index in [2.05, 4.69) is 5.32 Å². The Hall–Kier alpha value is -2.09. The van der Waals surface area contributed by atoms with Gasteiger partial charge in [-0.15, -0.1) is 0 Å². The van der Waals surface area contributed by atoms with E-state index < -0.39 is 23.9 Å². The first-order valence-electron chi connectivity index (χ1n) is 6.01. The van der Waals surface area contributed by atoms with Gasteiger partial charge in [0, 0.05) is 30.3 Å². The van der Waals surface area contributed by atoms with Crippen molar-refractivity contribution in [1.82, 2.24) is 5.32 Å². The molecule has 1 aliphatic rings. The summed E-state index contributed by atoms with van der Waals surface area (Å²) in [4.78, 5) is 10.5. The van der Waals surface area contributed by atoms with Crippen molar-refractivity contribution < 1.29 is 18.4 Å². The van der Waals surface area contributed by atoms with Gasteiger partial charge in [-0.05, 0) is 12.1 Å². The quantitative estimate of drug-likeness (QED) is 0.526. The fourth-order valence-corrected chi connectivity index (χ4v) is 2.18. The first-order valence-corrected chi connectivity index (χ1v) is 6.42. The number of nitrogens with zero attached hydrogens (tertiary/aromatic N) is 1. The lowest BCUT2D eigenvalue weighted by atomic mass is 9.93. The van der Waals surface area contributed by atoms with Crippen molar-refractivity contribution >= 4 is 28.5 Å². The van der Waals surface area contributed by atoms with Gasteiger partial charge in [-0.2, -0.15) is 0 Å². The molecule has 1 aromatic carbocycles. The summed E-state index contributed by atoms with van der Waals surface area (Å²) in [6, 6.07) is 3.80. The number of hydrogen-bond acceptors (Lipinski definition) is 4. The molecule has 0 radical (unpaired) electrons. The third-order valence-corrected chi connectivity index (χ3v) is 3.53. The van der Waals surface area contributed by atoms with Crippen LogP contribution in [0.15, 0.2) is 24.3 Å². The highest BCUT2D eigenvalue weighted by molar-refractivity contribution is 7.81. The van der Waals surface area contributed by atoms with Gasteiger partial charge in [-0.25, -0.2) is 8.78 Å². The summed E-state index contributed by atoms with van der Waals surface area (Å²) < 4.78 is 31.7. The van der Waals surface area contributed by atoms with E-state index >= 15 is 0 Å². The van der Waals surface area contributed by atoms with Crippen molar-refractivity contribution in [3.63, 3.8) is 0 Å². The van der Waals surface area contributed by atoms with E-state index in [4.69, 9.17) is 17.0 Å². The lowest BCUT2D eigenvalue weighted by Crippen LogP contribution is -2.42. The first kappa shape index (κ1) is 15.3. The molecule has 1 N–H and O–H groups in total. The fraction of sp³-hybridized carbons (Fsp3) is 0.308. The molecular formula is C13H12F2N2O3S. The molecule has 0 saturated carbocycles. The molecule has 0 atom stereocenters. The molecule has 0 aromatic heterocycles. The zero-order chi connectivity index (χ0) is 15.6. The van der Waals surface area contributed by atoms with Crippen molar-refractivity contribution in [2.24, 2.45) is 0 Å². The molecule has 0 amide bonds. The summed E-state index contributed by atoms with van der Waals surface area (Å²) in [5, 5.41) is 13.6. The highest BCUT2D eigenvalue weighted by Crippen LogP contribution is 2.39. The number of non-ortho nitro benzene ring substituents is 1. The normalized spacial score (nSPS) is 15.5. The van der Waals surface area contributed by atoms with Gasteiger partial charge < -0.3 is 10.1 Å². The van der Waals surface area contributed by atoms with E-state index in [0.717, 1.165) is 0 Å². The molecule has 21 heavy (non-hydrogen) atoms. The van der Waals surface area contributed by atoms with E-state index in [1.807, 2.05) is 0 Å². The van der Waals surface area contributed by atoms with Crippen molar-refractivity contribution in [3.05, 3.63) is 40.0 Å². The number of alkyl halides is 2. The number of likely N-dealkylation sites (N-methyl/N-ethyl adjacent to an activating group) is 1. The van der Waals surface area contributed by atoms with Gasteiger partial charge in [0.25, 0.3) is 5.69 Å². The summed E-state index contributed by atoms with van der Waals surface area (Å²) >= 11 is 5.11. The van der Waals surface area contributed by atoms with Crippen molar-refractivity contribution in [3.8, 4) is 5.75 Å². The molecule has 0 aliphatic carbocycles. The Labute approximate surface area is 124 Å².